The van der Waals surface area contributed by atoms with E-state index in [0.717, 1.165) is 22.5 Å². The molecule has 0 aliphatic rings. The molecule has 0 amide bonds. The van der Waals surface area contributed by atoms with Crippen LogP contribution < -0.4 is 0 Å². The van der Waals surface area contributed by atoms with Crippen molar-refractivity contribution in [3.63, 3.8) is 0 Å². The SMILES string of the molecule is CC(C)(C)[Si](C)(C)[N-]c1ccc[cH-]1.CC(C)(C)[Si](C)(C)[N-]c1ccc[cH-]1.[CH2-]c1ccccc1.[CH2-]c1ccccc1.[U+4]. The van der Waals surface area contributed by atoms with Crippen LogP contribution in [0.3, 0.4) is 0 Å². The van der Waals surface area contributed by atoms with Gasteiger partial charge >= 0.3 is 31.1 Å². The van der Waals surface area contributed by atoms with Crippen LogP contribution in [-0.2, 0) is 0 Å². The molecule has 41 heavy (non-hydrogen) atoms. The maximum absolute atomic E-state index is 4.86. The van der Waals surface area contributed by atoms with Crippen LogP contribution in [0.5, 0.6) is 0 Å². The molecule has 0 N–H and O–H groups in total. The van der Waals surface area contributed by atoms with E-state index >= 15 is 0 Å². The number of nitrogens with zero attached hydrogens (tertiary/aromatic N) is 2. The summed E-state index contributed by atoms with van der Waals surface area (Å²) in [7, 11) is -2.97. The maximum Gasteiger partial charge on any atom is 4.00 e. The van der Waals surface area contributed by atoms with Crippen molar-refractivity contribution in [1.29, 1.82) is 0 Å². The van der Waals surface area contributed by atoms with Crippen LogP contribution in [0.15, 0.2) is 109 Å². The van der Waals surface area contributed by atoms with E-state index in [1.807, 2.05) is 84.9 Å². The molecule has 4 aromatic rings. The fourth-order valence-electron chi connectivity index (χ4n) is 2.81. The first kappa shape index (κ1) is 39.0. The van der Waals surface area contributed by atoms with Gasteiger partial charge in [0.25, 0.3) is 0 Å². The molecule has 0 aliphatic heterocycles. The Hall–Kier alpha value is -2.03. The van der Waals surface area contributed by atoms with Crippen molar-refractivity contribution in [3.05, 3.63) is 144 Å². The Morgan fingerprint density at radius 1 is 0.512 bits per heavy atom. The van der Waals surface area contributed by atoms with Gasteiger partial charge in [0.05, 0.1) is 0 Å². The molecule has 220 valence electrons. The Morgan fingerprint density at radius 3 is 0.976 bits per heavy atom. The summed E-state index contributed by atoms with van der Waals surface area (Å²) in [4.78, 5) is 9.72. The molecular weight excluding hydrogens is 755 g/mol. The Balaban J connectivity index is 0.000000536. The first-order valence-corrected chi connectivity index (χ1v) is 20.0. The molecule has 0 spiro atoms. The van der Waals surface area contributed by atoms with Gasteiger partial charge in [-0.2, -0.15) is 73.5 Å². The van der Waals surface area contributed by atoms with Crippen LogP contribution in [0.4, 0.5) is 11.4 Å². The first-order chi connectivity index (χ1) is 18.4. The third kappa shape index (κ3) is 15.7. The van der Waals surface area contributed by atoms with Gasteiger partial charge in [-0.3, -0.25) is 11.4 Å². The number of benzene rings is 2. The van der Waals surface area contributed by atoms with Gasteiger partial charge in [-0.1, -0.05) is 89.9 Å². The number of hydrogen-bond acceptors (Lipinski definition) is 0. The van der Waals surface area contributed by atoms with Crippen molar-refractivity contribution in [2.45, 2.75) is 77.8 Å². The van der Waals surface area contributed by atoms with E-state index < -0.39 is 16.5 Å². The van der Waals surface area contributed by atoms with E-state index in [2.05, 4.69) is 106 Å². The summed E-state index contributed by atoms with van der Waals surface area (Å²) in [5, 5.41) is 0.675. The second-order valence-corrected chi connectivity index (χ2v) is 22.8. The summed E-state index contributed by atoms with van der Waals surface area (Å²) in [6.45, 7) is 30.4. The largest absolute Gasteiger partial charge is 4.00 e. The third-order valence-corrected chi connectivity index (χ3v) is 16.4. The Kier molecular flexibility index (Phi) is 16.9. The van der Waals surface area contributed by atoms with E-state index in [1.54, 1.807) is 0 Å². The molecule has 0 saturated carbocycles. The predicted molar refractivity (Wildman–Crippen MR) is 186 cm³/mol. The zero-order valence-corrected chi connectivity index (χ0v) is 33.4. The molecule has 0 aliphatic carbocycles. The summed E-state index contributed by atoms with van der Waals surface area (Å²) >= 11 is 0. The van der Waals surface area contributed by atoms with E-state index in [4.69, 9.17) is 9.96 Å². The number of rotatable bonds is 4. The maximum atomic E-state index is 4.86. The fourth-order valence-corrected chi connectivity index (χ4v) is 5.07. The van der Waals surface area contributed by atoms with Crippen LogP contribution in [-0.4, -0.2) is 16.5 Å². The second kappa shape index (κ2) is 17.8. The Morgan fingerprint density at radius 2 is 0.805 bits per heavy atom. The van der Waals surface area contributed by atoms with E-state index in [-0.39, 0.29) is 31.1 Å². The average molecular weight is 807 g/mol. The molecule has 0 radical (unpaired) electrons. The number of hydrogen-bond donors (Lipinski definition) is 0. The summed E-state index contributed by atoms with van der Waals surface area (Å²) < 4.78 is 0. The summed E-state index contributed by atoms with van der Waals surface area (Å²) in [5.74, 6) is 0. The smallest absolute Gasteiger partial charge is 0.708 e. The molecule has 0 bridgehead atoms. The van der Waals surface area contributed by atoms with Gasteiger partial charge in [-0.05, 0) is 16.5 Å². The zero-order valence-electron chi connectivity index (χ0n) is 27.2. The van der Waals surface area contributed by atoms with E-state index in [9.17, 15) is 0 Å². The van der Waals surface area contributed by atoms with Crippen molar-refractivity contribution in [2.24, 2.45) is 0 Å². The molecule has 0 atom stereocenters. The molecule has 0 fully saturated rings. The van der Waals surface area contributed by atoms with Gasteiger partial charge in [-0.25, -0.2) is 24.3 Å². The monoisotopic (exact) mass is 806 g/mol. The molecule has 0 saturated heterocycles. The van der Waals surface area contributed by atoms with Crippen LogP contribution in [0.2, 0.25) is 36.3 Å². The van der Waals surface area contributed by atoms with Crippen molar-refractivity contribution >= 4 is 27.8 Å². The average Bonchev–Trinajstić information content (AvgIpc) is 3.54. The molecule has 0 heterocycles. The first-order valence-electron chi connectivity index (χ1n) is 14.1. The third-order valence-electron chi connectivity index (χ3n) is 7.46. The van der Waals surface area contributed by atoms with Gasteiger partial charge in [-0.15, -0.1) is 24.3 Å². The topological polar surface area (TPSA) is 28.2 Å². The van der Waals surface area contributed by atoms with Crippen LogP contribution in [0, 0.1) is 45.0 Å². The van der Waals surface area contributed by atoms with Gasteiger partial charge in [0.2, 0.25) is 0 Å². The van der Waals surface area contributed by atoms with Gasteiger partial charge in [0.1, 0.15) is 0 Å². The van der Waals surface area contributed by atoms with Gasteiger partial charge < -0.3 is 9.96 Å². The Bertz CT molecular complexity index is 1060. The van der Waals surface area contributed by atoms with Crippen LogP contribution >= 0.6 is 0 Å². The predicted octanol–water partition coefficient (Wildman–Crippen LogP) is 12.6. The van der Waals surface area contributed by atoms with Crippen molar-refractivity contribution in [1.82, 2.24) is 0 Å². The van der Waals surface area contributed by atoms with E-state index in [0.29, 0.717) is 10.1 Å². The summed E-state index contributed by atoms with van der Waals surface area (Å²) in [6.07, 6.45) is 0. The molecule has 5 heteroatoms. The van der Waals surface area contributed by atoms with Gasteiger partial charge in [0, 0.05) is 0 Å². The minimum absolute atomic E-state index is 0. The summed E-state index contributed by atoms with van der Waals surface area (Å²) in [6, 6.07) is 36.3. The standard InChI is InChI=1S/2C11H19NSi.2C7H7.U/c2*1-11(2,3)13(4,5)12-10-8-6-7-9-10;2*1-7-5-3-2-4-6-7;/h2*6-9H,1-5H3;2*2-6H,1H2;/q2*-2;2*-1;+4. The van der Waals surface area contributed by atoms with Crippen molar-refractivity contribution < 1.29 is 31.1 Å². The van der Waals surface area contributed by atoms with Gasteiger partial charge in [0.15, 0.2) is 0 Å². The molecular formula is C36H52N2Si2U-2. The quantitative estimate of drug-likeness (QED) is 0.145. The van der Waals surface area contributed by atoms with Crippen molar-refractivity contribution in [2.75, 3.05) is 0 Å². The Labute approximate surface area is 279 Å². The fraction of sp³-hybridized carbons (Fsp3) is 0.333. The van der Waals surface area contributed by atoms with Crippen LogP contribution in [0.1, 0.15) is 52.7 Å². The zero-order chi connectivity index (χ0) is 30.5. The van der Waals surface area contributed by atoms with E-state index in [1.165, 1.54) is 0 Å². The molecule has 2 nitrogen and oxygen atoms in total. The molecule has 4 aromatic carbocycles. The minimum atomic E-state index is -1.48. The van der Waals surface area contributed by atoms with Crippen LogP contribution in [0.25, 0.3) is 9.96 Å². The normalized spacial score (nSPS) is 11.2. The second-order valence-electron chi connectivity index (χ2n) is 13.1. The van der Waals surface area contributed by atoms with Crippen molar-refractivity contribution in [3.8, 4) is 0 Å². The molecule has 0 unspecified atom stereocenters. The molecule has 4 rings (SSSR count). The summed E-state index contributed by atoms with van der Waals surface area (Å²) in [5.41, 5.74) is 4.43. The minimum Gasteiger partial charge on any atom is -0.708 e. The molecule has 0 aromatic heterocycles.